The van der Waals surface area contributed by atoms with Gasteiger partial charge >= 0.3 is 0 Å². The first kappa shape index (κ1) is 17.4. The average molecular weight is 356 g/mol. The van der Waals surface area contributed by atoms with E-state index in [0.717, 1.165) is 15.4 Å². The van der Waals surface area contributed by atoms with Crippen molar-refractivity contribution in [1.82, 2.24) is 4.98 Å². The number of anilines is 1. The number of quaternary nitrogens is 1. The summed E-state index contributed by atoms with van der Waals surface area (Å²) in [5.74, 6) is 0.620. The number of likely N-dealkylation sites (N-methyl/N-ethyl adjacent to an activating group) is 1. The Kier molecular flexibility index (Phi) is 5.31. The predicted molar refractivity (Wildman–Crippen MR) is 101 cm³/mol. The van der Waals surface area contributed by atoms with E-state index in [1.54, 1.807) is 18.4 Å². The SMILES string of the molecule is COc1ccccc1NC(=O)[C@@H](C)[NH+](C)Cc1nc2ccccc2s1. The summed E-state index contributed by atoms with van der Waals surface area (Å²) in [5, 5.41) is 3.99. The molecule has 0 aliphatic carbocycles. The molecule has 0 saturated carbocycles. The number of ether oxygens (including phenoxy) is 1. The number of hydrogen-bond donors (Lipinski definition) is 2. The second kappa shape index (κ2) is 7.63. The lowest BCUT2D eigenvalue weighted by Gasteiger charge is -2.20. The summed E-state index contributed by atoms with van der Waals surface area (Å²) < 4.78 is 6.46. The standard InChI is InChI=1S/C19H21N3O2S/c1-13(19(23)21-14-8-4-6-10-16(14)24-3)22(2)12-18-20-15-9-5-7-11-17(15)25-18/h4-11,13H,12H2,1-3H3,(H,21,23)/p+1/t13-/m1/s1. The van der Waals surface area contributed by atoms with Crippen LogP contribution in [0.15, 0.2) is 48.5 Å². The molecule has 1 heterocycles. The Morgan fingerprint density at radius 1 is 1.24 bits per heavy atom. The summed E-state index contributed by atoms with van der Waals surface area (Å²) in [4.78, 5) is 18.3. The number of amides is 1. The molecule has 2 aromatic carbocycles. The van der Waals surface area contributed by atoms with Gasteiger partial charge in [-0.05, 0) is 31.2 Å². The molecule has 0 aliphatic heterocycles. The molecule has 25 heavy (non-hydrogen) atoms. The molecule has 0 fully saturated rings. The lowest BCUT2D eigenvalue weighted by Crippen LogP contribution is -3.12. The monoisotopic (exact) mass is 356 g/mol. The third-order valence-electron chi connectivity index (χ3n) is 4.27. The zero-order valence-electron chi connectivity index (χ0n) is 14.6. The van der Waals surface area contributed by atoms with Crippen molar-refractivity contribution in [2.75, 3.05) is 19.5 Å². The van der Waals surface area contributed by atoms with Gasteiger partial charge in [0.1, 0.15) is 17.3 Å². The molecular weight excluding hydrogens is 334 g/mol. The van der Waals surface area contributed by atoms with E-state index in [9.17, 15) is 4.79 Å². The first-order valence-corrected chi connectivity index (χ1v) is 9.00. The number of nitrogens with zero attached hydrogens (tertiary/aromatic N) is 1. The Morgan fingerprint density at radius 3 is 2.72 bits per heavy atom. The van der Waals surface area contributed by atoms with Crippen LogP contribution in [-0.4, -0.2) is 31.1 Å². The molecular formula is C19H22N3O2S+. The Labute approximate surface area is 151 Å². The zero-order chi connectivity index (χ0) is 17.8. The number of rotatable bonds is 6. The first-order valence-electron chi connectivity index (χ1n) is 8.19. The Morgan fingerprint density at radius 2 is 1.96 bits per heavy atom. The summed E-state index contributed by atoms with van der Waals surface area (Å²) in [7, 11) is 3.61. The van der Waals surface area contributed by atoms with Crippen molar-refractivity contribution in [3.63, 3.8) is 0 Å². The van der Waals surface area contributed by atoms with Crippen LogP contribution in [0.3, 0.4) is 0 Å². The average Bonchev–Trinajstić information content (AvgIpc) is 3.03. The quantitative estimate of drug-likeness (QED) is 0.713. The number of methoxy groups -OCH3 is 1. The Hall–Kier alpha value is -2.44. The highest BCUT2D eigenvalue weighted by molar-refractivity contribution is 7.18. The summed E-state index contributed by atoms with van der Waals surface area (Å²) in [6.45, 7) is 2.63. The number of para-hydroxylation sites is 3. The van der Waals surface area contributed by atoms with Gasteiger partial charge in [-0.25, -0.2) is 4.98 Å². The molecule has 0 saturated heterocycles. The van der Waals surface area contributed by atoms with E-state index >= 15 is 0 Å². The van der Waals surface area contributed by atoms with Gasteiger partial charge in [-0.1, -0.05) is 24.3 Å². The number of nitrogens with one attached hydrogen (secondary N) is 2. The maximum atomic E-state index is 12.6. The Balaban J connectivity index is 1.66. The summed E-state index contributed by atoms with van der Waals surface area (Å²) in [6, 6.07) is 15.3. The molecule has 0 bridgehead atoms. The lowest BCUT2D eigenvalue weighted by atomic mass is 10.2. The molecule has 1 unspecified atom stereocenters. The third kappa shape index (κ3) is 3.97. The normalized spacial score (nSPS) is 13.4. The van der Waals surface area contributed by atoms with E-state index in [-0.39, 0.29) is 11.9 Å². The maximum Gasteiger partial charge on any atom is 0.282 e. The van der Waals surface area contributed by atoms with E-state index in [0.29, 0.717) is 18.0 Å². The van der Waals surface area contributed by atoms with E-state index in [2.05, 4.69) is 16.4 Å². The van der Waals surface area contributed by atoms with Crippen LogP contribution in [0.25, 0.3) is 10.2 Å². The number of carbonyl (C=O) groups excluding carboxylic acids is 1. The lowest BCUT2D eigenvalue weighted by molar-refractivity contribution is -0.907. The smallest absolute Gasteiger partial charge is 0.282 e. The molecule has 0 spiro atoms. The van der Waals surface area contributed by atoms with Crippen molar-refractivity contribution in [2.24, 2.45) is 0 Å². The number of thiazole rings is 1. The molecule has 130 valence electrons. The van der Waals surface area contributed by atoms with E-state index in [1.165, 1.54) is 4.70 Å². The summed E-state index contributed by atoms with van der Waals surface area (Å²) in [6.07, 6.45) is 0. The van der Waals surface area contributed by atoms with Crippen LogP contribution in [0.1, 0.15) is 11.9 Å². The van der Waals surface area contributed by atoms with Gasteiger partial charge in [0.2, 0.25) is 0 Å². The molecule has 2 N–H and O–H groups in total. The minimum Gasteiger partial charge on any atom is -0.495 e. The minimum absolute atomic E-state index is 0.0388. The highest BCUT2D eigenvalue weighted by Gasteiger charge is 2.24. The highest BCUT2D eigenvalue weighted by Crippen LogP contribution is 2.23. The second-order valence-electron chi connectivity index (χ2n) is 6.01. The van der Waals surface area contributed by atoms with Crippen LogP contribution in [-0.2, 0) is 11.3 Å². The van der Waals surface area contributed by atoms with Crippen LogP contribution < -0.4 is 15.0 Å². The van der Waals surface area contributed by atoms with E-state index in [1.807, 2.05) is 56.4 Å². The molecule has 0 radical (unpaired) electrons. The topological polar surface area (TPSA) is 55.7 Å². The van der Waals surface area contributed by atoms with Crippen molar-refractivity contribution in [3.05, 3.63) is 53.5 Å². The van der Waals surface area contributed by atoms with Crippen LogP contribution >= 0.6 is 11.3 Å². The van der Waals surface area contributed by atoms with Crippen LogP contribution in [0.5, 0.6) is 5.75 Å². The fourth-order valence-corrected chi connectivity index (χ4v) is 3.66. The van der Waals surface area contributed by atoms with E-state index < -0.39 is 0 Å². The molecule has 0 aliphatic rings. The number of carbonyl (C=O) groups is 1. The Bertz CT molecular complexity index is 845. The van der Waals surface area contributed by atoms with Crippen molar-refractivity contribution in [1.29, 1.82) is 0 Å². The van der Waals surface area contributed by atoms with Gasteiger partial charge in [-0.3, -0.25) is 4.79 Å². The van der Waals surface area contributed by atoms with Crippen molar-refractivity contribution >= 4 is 33.1 Å². The summed E-state index contributed by atoms with van der Waals surface area (Å²) >= 11 is 1.68. The number of benzene rings is 2. The predicted octanol–water partition coefficient (Wildman–Crippen LogP) is 2.35. The molecule has 1 aromatic heterocycles. The van der Waals surface area contributed by atoms with Crippen LogP contribution in [0, 0.1) is 0 Å². The molecule has 1 amide bonds. The van der Waals surface area contributed by atoms with Gasteiger partial charge in [-0.15, -0.1) is 11.3 Å². The molecule has 2 atom stereocenters. The van der Waals surface area contributed by atoms with Crippen LogP contribution in [0.4, 0.5) is 5.69 Å². The van der Waals surface area contributed by atoms with Gasteiger partial charge in [-0.2, -0.15) is 0 Å². The third-order valence-corrected chi connectivity index (χ3v) is 5.30. The maximum absolute atomic E-state index is 12.6. The van der Waals surface area contributed by atoms with Gasteiger partial charge in [0.15, 0.2) is 6.04 Å². The largest absolute Gasteiger partial charge is 0.495 e. The molecule has 3 aromatic rings. The minimum atomic E-state index is -0.211. The summed E-state index contributed by atoms with van der Waals surface area (Å²) in [5.41, 5.74) is 1.70. The number of fused-ring (bicyclic) bond motifs is 1. The van der Waals surface area contributed by atoms with Crippen LogP contribution in [0.2, 0.25) is 0 Å². The van der Waals surface area contributed by atoms with Gasteiger partial charge in [0, 0.05) is 0 Å². The van der Waals surface area contributed by atoms with Crippen molar-refractivity contribution < 1.29 is 14.4 Å². The van der Waals surface area contributed by atoms with Gasteiger partial charge in [0.05, 0.1) is 30.1 Å². The fraction of sp³-hybridized carbons (Fsp3) is 0.263. The highest BCUT2D eigenvalue weighted by atomic mass is 32.1. The number of aromatic nitrogens is 1. The van der Waals surface area contributed by atoms with Gasteiger partial charge < -0.3 is 15.0 Å². The van der Waals surface area contributed by atoms with Crippen molar-refractivity contribution in [2.45, 2.75) is 19.5 Å². The van der Waals surface area contributed by atoms with Crippen molar-refractivity contribution in [3.8, 4) is 5.75 Å². The zero-order valence-corrected chi connectivity index (χ0v) is 15.4. The molecule has 6 heteroatoms. The number of hydrogen-bond acceptors (Lipinski definition) is 4. The first-order chi connectivity index (χ1) is 12.1. The molecule has 3 rings (SSSR count). The van der Waals surface area contributed by atoms with E-state index in [4.69, 9.17) is 4.74 Å². The fourth-order valence-electron chi connectivity index (χ4n) is 2.60. The molecule has 5 nitrogen and oxygen atoms in total. The van der Waals surface area contributed by atoms with Gasteiger partial charge in [0.25, 0.3) is 5.91 Å². The second-order valence-corrected chi connectivity index (χ2v) is 7.12.